The van der Waals surface area contributed by atoms with E-state index in [-0.39, 0.29) is 5.78 Å². The van der Waals surface area contributed by atoms with Crippen molar-refractivity contribution in [3.05, 3.63) is 66.2 Å². The Morgan fingerprint density at radius 2 is 1.58 bits per heavy atom. The largest absolute Gasteiger partial charge is 0.295 e. The smallest absolute Gasteiger partial charge is 0.152 e. The van der Waals surface area contributed by atoms with Crippen LogP contribution in [0.3, 0.4) is 0 Å². The van der Waals surface area contributed by atoms with Gasteiger partial charge in [-0.3, -0.25) is 4.79 Å². The molecule has 0 amide bonds. The van der Waals surface area contributed by atoms with Crippen LogP contribution in [0.4, 0.5) is 0 Å². The number of hydrogen-bond acceptors (Lipinski definition) is 1. The third kappa shape index (κ3) is 2.27. The van der Waals surface area contributed by atoms with Crippen molar-refractivity contribution < 1.29 is 4.79 Å². The molecule has 1 nitrogen and oxygen atoms in total. The van der Waals surface area contributed by atoms with Gasteiger partial charge in [0.25, 0.3) is 0 Å². The number of fused-ring (bicyclic) bond motifs is 3. The lowest BCUT2D eigenvalue weighted by Crippen LogP contribution is -1.82. The Bertz CT molecular complexity index is 797. The summed E-state index contributed by atoms with van der Waals surface area (Å²) >= 11 is 0. The Balaban J connectivity index is 2.25. The minimum absolute atomic E-state index is 0.0676. The molecule has 3 rings (SSSR count). The van der Waals surface area contributed by atoms with Gasteiger partial charge in [-0.05, 0) is 46.2 Å². The molecule has 0 saturated heterocycles. The topological polar surface area (TPSA) is 17.1 Å². The highest BCUT2D eigenvalue weighted by atomic mass is 16.1. The first-order valence-corrected chi connectivity index (χ1v) is 6.34. The van der Waals surface area contributed by atoms with Crippen LogP contribution in [0, 0.1) is 0 Å². The first-order chi connectivity index (χ1) is 9.24. The number of benzene rings is 3. The lowest BCUT2D eigenvalue weighted by Gasteiger charge is -2.04. The second-order valence-corrected chi connectivity index (χ2v) is 4.71. The maximum atomic E-state index is 11.0. The van der Waals surface area contributed by atoms with E-state index >= 15 is 0 Å². The summed E-state index contributed by atoms with van der Waals surface area (Å²) in [6, 6.07) is 18.9. The van der Waals surface area contributed by atoms with Crippen molar-refractivity contribution in [2.24, 2.45) is 0 Å². The highest BCUT2D eigenvalue weighted by molar-refractivity contribution is 6.08. The number of rotatable bonds is 2. The molecule has 3 aromatic carbocycles. The van der Waals surface area contributed by atoms with Crippen molar-refractivity contribution in [1.82, 2.24) is 0 Å². The second-order valence-electron chi connectivity index (χ2n) is 4.71. The molecule has 0 N–H and O–H groups in total. The summed E-state index contributed by atoms with van der Waals surface area (Å²) in [6.07, 6.45) is 3.47. The second kappa shape index (κ2) is 4.69. The summed E-state index contributed by atoms with van der Waals surface area (Å²) in [4.78, 5) is 11.0. The van der Waals surface area contributed by atoms with Crippen LogP contribution in [0.1, 0.15) is 12.5 Å². The average Bonchev–Trinajstić information content (AvgIpc) is 2.44. The molecule has 0 aliphatic heterocycles. The summed E-state index contributed by atoms with van der Waals surface area (Å²) in [7, 11) is 0. The molecule has 0 aliphatic rings. The highest BCUT2D eigenvalue weighted by Gasteiger charge is 2.00. The molecule has 19 heavy (non-hydrogen) atoms. The Labute approximate surface area is 112 Å². The number of carbonyl (C=O) groups excluding carboxylic acids is 1. The minimum atomic E-state index is 0.0676. The molecule has 0 heterocycles. The van der Waals surface area contributed by atoms with Crippen LogP contribution in [0.5, 0.6) is 0 Å². The van der Waals surface area contributed by atoms with Crippen molar-refractivity contribution >= 4 is 33.4 Å². The van der Waals surface area contributed by atoms with Crippen LogP contribution >= 0.6 is 0 Å². The van der Waals surface area contributed by atoms with Gasteiger partial charge in [0.15, 0.2) is 5.78 Å². The van der Waals surface area contributed by atoms with Crippen molar-refractivity contribution in [2.45, 2.75) is 6.92 Å². The van der Waals surface area contributed by atoms with Crippen molar-refractivity contribution in [3.8, 4) is 0 Å². The first-order valence-electron chi connectivity index (χ1n) is 6.34. The van der Waals surface area contributed by atoms with E-state index in [1.807, 2.05) is 18.2 Å². The number of allylic oxidation sites excluding steroid dienone is 1. The summed E-state index contributed by atoms with van der Waals surface area (Å²) in [5, 5.41) is 4.93. The van der Waals surface area contributed by atoms with Gasteiger partial charge >= 0.3 is 0 Å². The van der Waals surface area contributed by atoms with Crippen LogP contribution in [0.25, 0.3) is 27.6 Å². The molecule has 0 spiro atoms. The Hall–Kier alpha value is -2.41. The Kier molecular flexibility index (Phi) is 2.88. The van der Waals surface area contributed by atoms with E-state index in [0.29, 0.717) is 0 Å². The van der Waals surface area contributed by atoms with Gasteiger partial charge in [-0.15, -0.1) is 0 Å². The molecule has 0 aromatic heterocycles. The fraction of sp³-hybridized carbons (Fsp3) is 0.0556. The van der Waals surface area contributed by atoms with Gasteiger partial charge in [0.05, 0.1) is 0 Å². The third-order valence-electron chi connectivity index (χ3n) is 3.28. The van der Waals surface area contributed by atoms with Crippen LogP contribution in [-0.2, 0) is 4.79 Å². The summed E-state index contributed by atoms with van der Waals surface area (Å²) in [5.74, 6) is 0.0676. The van der Waals surface area contributed by atoms with Crippen molar-refractivity contribution in [3.63, 3.8) is 0 Å². The first kappa shape index (κ1) is 11.7. The van der Waals surface area contributed by atoms with Gasteiger partial charge in [0, 0.05) is 0 Å². The third-order valence-corrected chi connectivity index (χ3v) is 3.28. The number of ketones is 1. The van der Waals surface area contributed by atoms with E-state index < -0.39 is 0 Å². The van der Waals surface area contributed by atoms with Gasteiger partial charge in [-0.1, -0.05) is 54.6 Å². The van der Waals surface area contributed by atoms with E-state index in [4.69, 9.17) is 0 Å². The van der Waals surface area contributed by atoms with E-state index in [1.54, 1.807) is 13.0 Å². The summed E-state index contributed by atoms with van der Waals surface area (Å²) in [6.45, 7) is 1.56. The summed E-state index contributed by atoms with van der Waals surface area (Å²) in [5.41, 5.74) is 1.05. The molecule has 0 atom stereocenters. The normalized spacial score (nSPS) is 11.4. The van der Waals surface area contributed by atoms with Crippen molar-refractivity contribution in [2.75, 3.05) is 0 Å². The zero-order valence-electron chi connectivity index (χ0n) is 10.8. The molecule has 3 aromatic rings. The molecular weight excluding hydrogens is 232 g/mol. The highest BCUT2D eigenvalue weighted by Crippen LogP contribution is 2.26. The van der Waals surface area contributed by atoms with Gasteiger partial charge in [0.2, 0.25) is 0 Å². The zero-order valence-corrected chi connectivity index (χ0v) is 10.8. The monoisotopic (exact) mass is 246 g/mol. The zero-order chi connectivity index (χ0) is 13.2. The maximum Gasteiger partial charge on any atom is 0.152 e. The summed E-state index contributed by atoms with van der Waals surface area (Å²) < 4.78 is 0. The molecule has 0 unspecified atom stereocenters. The van der Waals surface area contributed by atoms with E-state index in [9.17, 15) is 4.79 Å². The molecule has 92 valence electrons. The van der Waals surface area contributed by atoms with E-state index in [2.05, 4.69) is 42.5 Å². The Morgan fingerprint density at radius 3 is 2.37 bits per heavy atom. The molecule has 0 saturated carbocycles. The quantitative estimate of drug-likeness (QED) is 0.477. The molecular formula is C18H14O. The van der Waals surface area contributed by atoms with Gasteiger partial charge in [-0.2, -0.15) is 0 Å². The molecule has 0 bridgehead atoms. The standard InChI is InChI=1S/C18H14O/c1-13(19)6-7-14-8-9-16-11-10-15-4-2-3-5-17(15)18(16)12-14/h2-12H,1H3/b7-6-. The van der Waals surface area contributed by atoms with E-state index in [0.717, 1.165) is 5.56 Å². The fourth-order valence-corrected chi connectivity index (χ4v) is 2.34. The maximum absolute atomic E-state index is 11.0. The fourth-order valence-electron chi connectivity index (χ4n) is 2.34. The molecule has 0 radical (unpaired) electrons. The van der Waals surface area contributed by atoms with Gasteiger partial charge in [0.1, 0.15) is 0 Å². The minimum Gasteiger partial charge on any atom is -0.295 e. The van der Waals surface area contributed by atoms with Crippen LogP contribution in [-0.4, -0.2) is 5.78 Å². The predicted octanol–water partition coefficient (Wildman–Crippen LogP) is 4.60. The molecule has 1 heteroatoms. The molecule has 0 aliphatic carbocycles. The van der Waals surface area contributed by atoms with Crippen LogP contribution < -0.4 is 0 Å². The SMILES string of the molecule is CC(=O)/C=C\c1ccc2ccc3ccccc3c2c1. The van der Waals surface area contributed by atoms with Crippen molar-refractivity contribution in [1.29, 1.82) is 0 Å². The van der Waals surface area contributed by atoms with E-state index in [1.165, 1.54) is 21.5 Å². The number of hydrogen-bond donors (Lipinski definition) is 0. The number of carbonyl (C=O) groups is 1. The lowest BCUT2D eigenvalue weighted by molar-refractivity contribution is -0.112. The average molecular weight is 246 g/mol. The van der Waals surface area contributed by atoms with Crippen LogP contribution in [0.2, 0.25) is 0 Å². The lowest BCUT2D eigenvalue weighted by atomic mass is 10.00. The predicted molar refractivity (Wildman–Crippen MR) is 81.2 cm³/mol. The molecule has 0 fully saturated rings. The Morgan fingerprint density at radius 1 is 0.895 bits per heavy atom. The van der Waals surface area contributed by atoms with Crippen LogP contribution in [0.15, 0.2) is 60.7 Å². The van der Waals surface area contributed by atoms with Gasteiger partial charge < -0.3 is 0 Å². The van der Waals surface area contributed by atoms with Gasteiger partial charge in [-0.25, -0.2) is 0 Å².